The molecule has 2 aliphatic heterocycles. The molecule has 3 rings (SSSR count). The Hall–Kier alpha value is -0.610. The maximum absolute atomic E-state index is 6.00. The predicted octanol–water partition coefficient (Wildman–Crippen LogP) is 3.88. The van der Waals surface area contributed by atoms with Crippen LogP contribution in [0.15, 0.2) is 24.3 Å². The summed E-state index contributed by atoms with van der Waals surface area (Å²) in [6.07, 6.45) is 4.85. The van der Waals surface area contributed by atoms with Gasteiger partial charge >= 0.3 is 0 Å². The van der Waals surface area contributed by atoms with E-state index < -0.39 is 0 Å². The molecule has 2 atom stereocenters. The molecule has 2 aliphatic rings. The number of hydrogen-bond acceptors (Lipinski definition) is 3. The summed E-state index contributed by atoms with van der Waals surface area (Å²) in [4.78, 5) is 2.63. The summed E-state index contributed by atoms with van der Waals surface area (Å²) in [5.41, 5.74) is 1.35. The van der Waals surface area contributed by atoms with Gasteiger partial charge in [0, 0.05) is 30.3 Å². The van der Waals surface area contributed by atoms with E-state index in [2.05, 4.69) is 29.3 Å². The second kappa shape index (κ2) is 8.48. The number of rotatable bonds is 6. The highest BCUT2D eigenvalue weighted by molar-refractivity contribution is 6.30. The molecular weight excluding hydrogens is 308 g/mol. The van der Waals surface area contributed by atoms with Gasteiger partial charge in [-0.3, -0.25) is 0 Å². The van der Waals surface area contributed by atoms with Crippen molar-refractivity contribution in [2.24, 2.45) is 5.92 Å². The molecule has 0 spiro atoms. The first kappa shape index (κ1) is 17.2. The van der Waals surface area contributed by atoms with Gasteiger partial charge in [0.2, 0.25) is 0 Å². The number of halogens is 1. The molecule has 128 valence electrons. The third kappa shape index (κ3) is 4.93. The summed E-state index contributed by atoms with van der Waals surface area (Å²) < 4.78 is 5.50. The van der Waals surface area contributed by atoms with E-state index in [-0.39, 0.29) is 0 Å². The molecule has 0 unspecified atom stereocenters. The molecule has 23 heavy (non-hydrogen) atoms. The summed E-state index contributed by atoms with van der Waals surface area (Å²) >= 11 is 6.00. The minimum Gasteiger partial charge on any atom is -0.381 e. The van der Waals surface area contributed by atoms with E-state index in [0.29, 0.717) is 12.1 Å². The summed E-state index contributed by atoms with van der Waals surface area (Å²) in [6, 6.07) is 9.36. The third-order valence-corrected chi connectivity index (χ3v) is 5.50. The highest BCUT2D eigenvalue weighted by Crippen LogP contribution is 2.23. The third-order valence-electron chi connectivity index (χ3n) is 5.25. The standard InChI is InChI=1S/C19H29ClN2O/c1-2-19(16-3-5-17(20)6-4-16)21-18-7-10-22(11-8-18)13-15-9-12-23-14-15/h3-6,15,18-19,21H,2,7-14H2,1H3/t15-,19+/m1/s1. The van der Waals surface area contributed by atoms with Crippen molar-refractivity contribution in [3.63, 3.8) is 0 Å². The summed E-state index contributed by atoms with van der Waals surface area (Å²) in [7, 11) is 0. The molecule has 1 N–H and O–H groups in total. The van der Waals surface area contributed by atoms with Crippen LogP contribution in [-0.4, -0.2) is 43.8 Å². The van der Waals surface area contributed by atoms with Gasteiger partial charge in [0.1, 0.15) is 0 Å². The van der Waals surface area contributed by atoms with E-state index in [1.54, 1.807) is 0 Å². The van der Waals surface area contributed by atoms with Gasteiger partial charge in [-0.2, -0.15) is 0 Å². The largest absolute Gasteiger partial charge is 0.381 e. The Balaban J connectivity index is 1.46. The van der Waals surface area contributed by atoms with Crippen LogP contribution in [0.4, 0.5) is 0 Å². The molecule has 0 saturated carbocycles. The van der Waals surface area contributed by atoms with E-state index in [1.165, 1.54) is 44.5 Å². The van der Waals surface area contributed by atoms with Crippen LogP contribution in [0.2, 0.25) is 5.02 Å². The molecule has 1 aromatic rings. The zero-order chi connectivity index (χ0) is 16.1. The zero-order valence-electron chi connectivity index (χ0n) is 14.1. The van der Waals surface area contributed by atoms with Crippen molar-refractivity contribution in [1.29, 1.82) is 0 Å². The molecule has 4 heteroatoms. The molecule has 2 fully saturated rings. The fourth-order valence-corrected chi connectivity index (χ4v) is 3.93. The van der Waals surface area contributed by atoms with Crippen LogP contribution in [0.3, 0.4) is 0 Å². The molecule has 2 saturated heterocycles. The van der Waals surface area contributed by atoms with Crippen LogP contribution < -0.4 is 5.32 Å². The van der Waals surface area contributed by atoms with Crippen LogP contribution in [-0.2, 0) is 4.74 Å². The van der Waals surface area contributed by atoms with E-state index in [4.69, 9.17) is 16.3 Å². The quantitative estimate of drug-likeness (QED) is 0.853. The maximum atomic E-state index is 6.00. The first-order valence-electron chi connectivity index (χ1n) is 9.06. The SMILES string of the molecule is CC[C@H](NC1CCN(C[C@H]2CCOC2)CC1)c1ccc(Cl)cc1. The molecule has 0 aliphatic carbocycles. The number of likely N-dealkylation sites (tertiary alicyclic amines) is 1. The Kier molecular flexibility index (Phi) is 6.35. The number of ether oxygens (including phenoxy) is 1. The van der Waals surface area contributed by atoms with E-state index in [1.807, 2.05) is 12.1 Å². The smallest absolute Gasteiger partial charge is 0.0507 e. The first-order chi connectivity index (χ1) is 11.2. The lowest BCUT2D eigenvalue weighted by atomic mass is 9.98. The average Bonchev–Trinajstić information content (AvgIpc) is 3.08. The van der Waals surface area contributed by atoms with Crippen LogP contribution in [0.5, 0.6) is 0 Å². The Labute approximate surface area is 145 Å². The molecule has 0 bridgehead atoms. The molecule has 2 heterocycles. The van der Waals surface area contributed by atoms with Crippen molar-refractivity contribution >= 4 is 11.6 Å². The van der Waals surface area contributed by atoms with Crippen molar-refractivity contribution in [3.8, 4) is 0 Å². The topological polar surface area (TPSA) is 24.5 Å². The van der Waals surface area contributed by atoms with Gasteiger partial charge in [-0.25, -0.2) is 0 Å². The van der Waals surface area contributed by atoms with E-state index in [0.717, 1.165) is 30.6 Å². The summed E-state index contributed by atoms with van der Waals surface area (Å²) in [5, 5.41) is 4.67. The molecule has 1 aromatic carbocycles. The number of nitrogens with one attached hydrogen (secondary N) is 1. The minimum atomic E-state index is 0.437. The highest BCUT2D eigenvalue weighted by atomic mass is 35.5. The minimum absolute atomic E-state index is 0.437. The Morgan fingerprint density at radius 1 is 1.22 bits per heavy atom. The van der Waals surface area contributed by atoms with Crippen molar-refractivity contribution in [3.05, 3.63) is 34.9 Å². The zero-order valence-corrected chi connectivity index (χ0v) is 14.9. The monoisotopic (exact) mass is 336 g/mol. The lowest BCUT2D eigenvalue weighted by Gasteiger charge is -2.35. The average molecular weight is 337 g/mol. The number of nitrogens with zero attached hydrogens (tertiary/aromatic N) is 1. The Morgan fingerprint density at radius 2 is 1.96 bits per heavy atom. The number of piperidine rings is 1. The Morgan fingerprint density at radius 3 is 2.57 bits per heavy atom. The van der Waals surface area contributed by atoms with E-state index >= 15 is 0 Å². The molecular formula is C19H29ClN2O. The van der Waals surface area contributed by atoms with Gasteiger partial charge in [0.15, 0.2) is 0 Å². The fraction of sp³-hybridized carbons (Fsp3) is 0.684. The Bertz CT molecular complexity index is 465. The van der Waals surface area contributed by atoms with Gasteiger partial charge < -0.3 is 15.0 Å². The van der Waals surface area contributed by atoms with Crippen molar-refractivity contribution < 1.29 is 4.74 Å². The van der Waals surface area contributed by atoms with Crippen LogP contribution >= 0.6 is 11.6 Å². The van der Waals surface area contributed by atoms with Crippen molar-refractivity contribution in [1.82, 2.24) is 10.2 Å². The lowest BCUT2D eigenvalue weighted by molar-refractivity contribution is 0.145. The van der Waals surface area contributed by atoms with E-state index in [9.17, 15) is 0 Å². The van der Waals surface area contributed by atoms with Gasteiger partial charge in [0.05, 0.1) is 6.61 Å². The van der Waals surface area contributed by atoms with Crippen LogP contribution in [0.25, 0.3) is 0 Å². The van der Waals surface area contributed by atoms with Crippen LogP contribution in [0.1, 0.15) is 44.2 Å². The molecule has 0 aromatic heterocycles. The second-order valence-corrected chi connectivity index (χ2v) is 7.42. The first-order valence-corrected chi connectivity index (χ1v) is 9.44. The highest BCUT2D eigenvalue weighted by Gasteiger charge is 2.25. The van der Waals surface area contributed by atoms with Gasteiger partial charge in [-0.1, -0.05) is 30.7 Å². The number of hydrogen-bond donors (Lipinski definition) is 1. The van der Waals surface area contributed by atoms with Gasteiger partial charge in [-0.15, -0.1) is 0 Å². The molecule has 3 nitrogen and oxygen atoms in total. The van der Waals surface area contributed by atoms with Gasteiger partial charge in [-0.05, 0) is 62.4 Å². The normalized spacial score (nSPS) is 24.9. The van der Waals surface area contributed by atoms with Crippen molar-refractivity contribution in [2.45, 2.75) is 44.7 Å². The molecule has 0 radical (unpaired) electrons. The van der Waals surface area contributed by atoms with Crippen LogP contribution in [0, 0.1) is 5.92 Å². The second-order valence-electron chi connectivity index (χ2n) is 6.98. The van der Waals surface area contributed by atoms with Gasteiger partial charge in [0.25, 0.3) is 0 Å². The van der Waals surface area contributed by atoms with Crippen molar-refractivity contribution in [2.75, 3.05) is 32.8 Å². The summed E-state index contributed by atoms with van der Waals surface area (Å²) in [5.74, 6) is 0.761. The summed E-state index contributed by atoms with van der Waals surface area (Å²) in [6.45, 7) is 7.83. The predicted molar refractivity (Wildman–Crippen MR) is 96.0 cm³/mol. The maximum Gasteiger partial charge on any atom is 0.0507 e. The fourth-order valence-electron chi connectivity index (χ4n) is 3.80. The molecule has 0 amide bonds. The lowest BCUT2D eigenvalue weighted by Crippen LogP contribution is -2.45. The number of benzene rings is 1.